The lowest BCUT2D eigenvalue weighted by atomic mass is 9.73. The van der Waals surface area contributed by atoms with E-state index in [9.17, 15) is 29.4 Å². The van der Waals surface area contributed by atoms with E-state index in [1.807, 2.05) is 32.8 Å². The predicted octanol–water partition coefficient (Wildman–Crippen LogP) is 4.24. The molecule has 6 rings (SSSR count). The summed E-state index contributed by atoms with van der Waals surface area (Å²) in [7, 11) is 3.72. The summed E-state index contributed by atoms with van der Waals surface area (Å²) in [5.41, 5.74) is -2.74. The fourth-order valence-electron chi connectivity index (χ4n) is 9.34. The van der Waals surface area contributed by atoms with Crippen LogP contribution in [0.4, 0.5) is 5.82 Å². The smallest absolute Gasteiger partial charge is 0.316 e. The highest BCUT2D eigenvalue weighted by Gasteiger charge is 2.53. The van der Waals surface area contributed by atoms with Crippen molar-refractivity contribution in [3.63, 3.8) is 0 Å². The molecule has 4 bridgehead atoms. The van der Waals surface area contributed by atoms with Crippen LogP contribution in [0.3, 0.4) is 0 Å². The molecule has 3 fully saturated rings. The highest BCUT2D eigenvalue weighted by atomic mass is 32.1. The minimum Gasteiger partial charge on any atom is -0.459 e. The lowest BCUT2D eigenvalue weighted by Gasteiger charge is -2.47. The van der Waals surface area contributed by atoms with Gasteiger partial charge in [0.25, 0.3) is 11.8 Å². The highest BCUT2D eigenvalue weighted by Crippen LogP contribution is 2.40. The molecule has 2 aromatic heterocycles. The average Bonchev–Trinajstić information content (AvgIpc) is 3.71. The molecule has 6 heterocycles. The Morgan fingerprint density at radius 3 is 2.48 bits per heavy atom. The second kappa shape index (κ2) is 20.0. The molecule has 2 amide bonds. The van der Waals surface area contributed by atoms with E-state index < -0.39 is 89.3 Å². The first kappa shape index (κ1) is 48.4. The molecule has 0 radical (unpaired) electrons. The van der Waals surface area contributed by atoms with E-state index in [2.05, 4.69) is 15.5 Å². The summed E-state index contributed by atoms with van der Waals surface area (Å²) in [6.07, 6.45) is -4.85. The topological polar surface area (TPSA) is 217 Å². The third-order valence-electron chi connectivity index (χ3n) is 12.8. The molecule has 63 heavy (non-hydrogen) atoms. The van der Waals surface area contributed by atoms with Crippen molar-refractivity contribution in [3.8, 4) is 0 Å². The fourth-order valence-corrected chi connectivity index (χ4v) is 10.3. The first-order chi connectivity index (χ1) is 29.7. The summed E-state index contributed by atoms with van der Waals surface area (Å²) in [6.45, 7) is 13.2. The van der Waals surface area contributed by atoms with Gasteiger partial charge in [0.1, 0.15) is 35.3 Å². The number of nitrogens with one attached hydrogen (secondary N) is 1. The number of hydrogen-bond acceptors (Lipinski definition) is 16. The molecular formula is C45H63N5O12S. The number of ether oxygens (including phenoxy) is 5. The third-order valence-corrected chi connectivity index (χ3v) is 13.9. The Bertz CT molecular complexity index is 2030. The molecule has 4 aliphatic rings. The van der Waals surface area contributed by atoms with Gasteiger partial charge in [-0.25, -0.2) is 9.98 Å². The Morgan fingerprint density at radius 1 is 1.05 bits per heavy atom. The number of thiophene rings is 1. The number of rotatable bonds is 8. The van der Waals surface area contributed by atoms with Crippen LogP contribution < -0.4 is 5.32 Å². The summed E-state index contributed by atoms with van der Waals surface area (Å²) in [5, 5.41) is 31.3. The van der Waals surface area contributed by atoms with Crippen LogP contribution >= 0.6 is 11.3 Å². The van der Waals surface area contributed by atoms with Crippen LogP contribution in [0.5, 0.6) is 0 Å². The number of fused-ring (bicyclic) bond motifs is 4. The number of aliphatic hydroxyl groups is 2. The van der Waals surface area contributed by atoms with E-state index in [4.69, 9.17) is 33.5 Å². The molecule has 0 saturated carbocycles. The van der Waals surface area contributed by atoms with Gasteiger partial charge in [0, 0.05) is 41.1 Å². The number of anilines is 1. The summed E-state index contributed by atoms with van der Waals surface area (Å²) in [4.78, 5) is 73.9. The first-order valence-corrected chi connectivity index (χ1v) is 22.6. The Hall–Kier alpha value is -4.01. The third kappa shape index (κ3) is 10.8. The maximum Gasteiger partial charge on any atom is 0.316 e. The van der Waals surface area contributed by atoms with Crippen molar-refractivity contribution in [1.82, 2.24) is 9.88 Å². The number of pyridine rings is 1. The fraction of sp³-hybridized carbons (Fsp3) is 0.667. The number of aromatic nitrogens is 1. The second-order valence-corrected chi connectivity index (χ2v) is 19.3. The van der Waals surface area contributed by atoms with Crippen LogP contribution in [0.1, 0.15) is 89.2 Å². The van der Waals surface area contributed by atoms with Gasteiger partial charge < -0.3 is 49.0 Å². The summed E-state index contributed by atoms with van der Waals surface area (Å²) in [5.74, 6) is -5.65. The van der Waals surface area contributed by atoms with Crippen molar-refractivity contribution in [3.05, 3.63) is 46.3 Å². The largest absolute Gasteiger partial charge is 0.459 e. The number of cyclic esters (lactones) is 1. The maximum absolute atomic E-state index is 14.5. The molecule has 3 N–H and O–H groups in total. The number of likely N-dealkylation sites (N-methyl/N-ethyl adjacent to an activating group) is 1. The van der Waals surface area contributed by atoms with Gasteiger partial charge in [-0.3, -0.25) is 19.2 Å². The first-order valence-electron chi connectivity index (χ1n) is 21.8. The van der Waals surface area contributed by atoms with E-state index >= 15 is 0 Å². The Labute approximate surface area is 372 Å². The highest BCUT2D eigenvalue weighted by molar-refractivity contribution is 7.14. The van der Waals surface area contributed by atoms with Crippen LogP contribution in [0.15, 0.2) is 46.7 Å². The summed E-state index contributed by atoms with van der Waals surface area (Å²) in [6, 6.07) is 8.25. The van der Waals surface area contributed by atoms with Crippen LogP contribution in [-0.2, 0) is 49.3 Å². The van der Waals surface area contributed by atoms with Crippen molar-refractivity contribution in [2.45, 2.75) is 141 Å². The van der Waals surface area contributed by atoms with Gasteiger partial charge in [0.15, 0.2) is 12.1 Å². The number of esters is 1. The van der Waals surface area contributed by atoms with E-state index in [1.54, 1.807) is 64.2 Å². The SMILES string of the molecule is CC[C@H]1OC(=O)[C@H](C)C(=O)[C@H](C)[C@@H](O[C@@H]2O[C@H](C)C[C@H](N(C)C)[C@H]2O)[C@@]2(C)C[C@@H](C)C3=NC(=O)C(Cc4ccc(C(=O)Nc5ccccn5)s4)O/N=C(\CO[C@@H]([C@@H]3C)[C@]1(C)O)CO2. The van der Waals surface area contributed by atoms with Crippen LogP contribution in [0.25, 0.3) is 0 Å². The quantitative estimate of drug-likeness (QED) is 0.250. The second-order valence-electron chi connectivity index (χ2n) is 18.1. The minimum atomic E-state index is -1.87. The average molecular weight is 898 g/mol. The van der Waals surface area contributed by atoms with Crippen molar-refractivity contribution >= 4 is 52.1 Å². The van der Waals surface area contributed by atoms with Gasteiger partial charge in [0.05, 0.1) is 42.0 Å². The van der Waals surface area contributed by atoms with E-state index in [1.165, 1.54) is 25.2 Å². The van der Waals surface area contributed by atoms with Crippen LogP contribution in [0, 0.1) is 23.7 Å². The zero-order chi connectivity index (χ0) is 46.0. The standard InChI is InChI=1S/C45H63N5O12S/c1-11-33-45(8,56)39-25(4)35-23(2)20-44(7,38(26(5)36(51)27(6)42(55)60-33)61-43-37(52)30(50(9)10)18-24(3)59-43)58-22-28(21-57-39)49-62-31(40(53)48-35)19-29-15-16-32(63-29)41(54)47-34-14-12-13-17-46-34/h12-17,23-27,30-31,33,37-39,43,52,56H,11,18-22H2,1-10H3,(H,46,47,54)/b48-35?,49-28+/t23-,24-,25-,26+,27-,30+,31?,33-,37-,38-,39+,43+,44-,45-/m1/s1. The molecule has 2 aromatic rings. The van der Waals surface area contributed by atoms with Gasteiger partial charge in [0.2, 0.25) is 6.10 Å². The lowest BCUT2D eigenvalue weighted by molar-refractivity contribution is -0.296. The van der Waals surface area contributed by atoms with Gasteiger partial charge in [-0.1, -0.05) is 38.9 Å². The van der Waals surface area contributed by atoms with E-state index in [0.29, 0.717) is 27.7 Å². The Balaban J connectivity index is 1.44. The number of Topliss-reactive ketones (excluding diaryl/α,β-unsaturated/α-hetero) is 1. The number of amides is 2. The molecule has 0 aliphatic carbocycles. The molecular weight excluding hydrogens is 835 g/mol. The summed E-state index contributed by atoms with van der Waals surface area (Å²) >= 11 is 1.19. The minimum absolute atomic E-state index is 0.0227. The molecule has 4 aliphatic heterocycles. The van der Waals surface area contributed by atoms with Gasteiger partial charge in [-0.15, -0.1) is 11.3 Å². The molecule has 0 spiro atoms. The van der Waals surface area contributed by atoms with Crippen molar-refractivity contribution < 1.29 is 57.9 Å². The Kier molecular flexibility index (Phi) is 15.4. The predicted molar refractivity (Wildman–Crippen MR) is 233 cm³/mol. The van der Waals surface area contributed by atoms with Crippen molar-refractivity contribution in [2.24, 2.45) is 33.8 Å². The van der Waals surface area contributed by atoms with E-state index in [0.717, 1.165) is 0 Å². The molecule has 17 nitrogen and oxygen atoms in total. The summed E-state index contributed by atoms with van der Waals surface area (Å²) < 4.78 is 32.4. The number of aliphatic imine (C=N–C) groups is 1. The number of carbonyl (C=O) groups is 4. The molecule has 18 heteroatoms. The molecule has 1 unspecified atom stereocenters. The maximum atomic E-state index is 14.5. The van der Waals surface area contributed by atoms with Crippen LogP contribution in [0.2, 0.25) is 0 Å². The molecule has 14 atom stereocenters. The number of hydrogen-bond donors (Lipinski definition) is 3. The van der Waals surface area contributed by atoms with Gasteiger partial charge in [-0.2, -0.15) is 0 Å². The normalized spacial score (nSPS) is 38.0. The number of ketones is 1. The molecule has 3 saturated heterocycles. The molecule has 346 valence electrons. The van der Waals surface area contributed by atoms with E-state index in [-0.39, 0.29) is 56.2 Å². The zero-order valence-electron chi connectivity index (χ0n) is 37.8. The van der Waals surface area contributed by atoms with Crippen LogP contribution in [-0.4, -0.2) is 143 Å². The lowest BCUT2D eigenvalue weighted by Crippen LogP contribution is -2.60. The number of oxime groups is 1. The van der Waals surface area contributed by atoms with Crippen molar-refractivity contribution in [1.29, 1.82) is 0 Å². The zero-order valence-corrected chi connectivity index (χ0v) is 38.6. The molecule has 0 aromatic carbocycles. The number of aliphatic hydroxyl groups excluding tert-OH is 1. The Morgan fingerprint density at radius 2 is 1.79 bits per heavy atom. The van der Waals surface area contributed by atoms with Gasteiger partial charge in [-0.05, 0) is 91.2 Å². The monoisotopic (exact) mass is 897 g/mol. The number of carbonyl (C=O) groups excluding carboxylic acids is 4. The number of nitrogens with zero attached hydrogens (tertiary/aromatic N) is 4. The van der Waals surface area contributed by atoms with Gasteiger partial charge >= 0.3 is 5.97 Å². The van der Waals surface area contributed by atoms with Crippen molar-refractivity contribution in [2.75, 3.05) is 32.6 Å².